The summed E-state index contributed by atoms with van der Waals surface area (Å²) in [6.45, 7) is 2.02. The van der Waals surface area contributed by atoms with E-state index in [0.29, 0.717) is 12.3 Å². The van der Waals surface area contributed by atoms with Gasteiger partial charge in [-0.05, 0) is 6.92 Å². The molecule has 6 heteroatoms. The molecule has 0 fully saturated rings. The molecule has 0 aliphatic carbocycles. The lowest BCUT2D eigenvalue weighted by atomic mass is 10.2. The van der Waals surface area contributed by atoms with Gasteiger partial charge in [-0.1, -0.05) is 11.6 Å². The number of halogens is 1. The normalized spacial score (nSPS) is 9.64. The number of nitrogen functional groups attached to an aromatic ring is 1. The van der Waals surface area contributed by atoms with E-state index in [1.165, 1.54) is 12.3 Å². The van der Waals surface area contributed by atoms with Gasteiger partial charge in [0.25, 0.3) is 0 Å². The van der Waals surface area contributed by atoms with E-state index in [-0.39, 0.29) is 10.7 Å². The molecule has 5 nitrogen and oxygen atoms in total. The number of anilines is 1. The minimum atomic E-state index is -0.482. The smallest absolute Gasteiger partial charge is 0.341 e. The van der Waals surface area contributed by atoms with Crippen LogP contribution in [-0.4, -0.2) is 17.6 Å². The van der Waals surface area contributed by atoms with Crippen molar-refractivity contribution in [2.75, 3.05) is 12.0 Å². The van der Waals surface area contributed by atoms with Crippen molar-refractivity contribution in [2.45, 2.75) is 6.92 Å². The Kier molecular flexibility index (Phi) is 3.67. The fraction of sp³-hybridized carbons (Fsp3) is 0.250. The van der Waals surface area contributed by atoms with E-state index in [1.54, 1.807) is 6.92 Å². The summed E-state index contributed by atoms with van der Waals surface area (Å²) in [7, 11) is 0. The first-order valence-electron chi connectivity index (χ1n) is 3.98. The zero-order chi connectivity index (χ0) is 10.6. The number of nitrogens with one attached hydrogen (secondary N) is 1. The van der Waals surface area contributed by atoms with E-state index in [2.05, 4.69) is 10.4 Å². The van der Waals surface area contributed by atoms with Gasteiger partial charge in [-0.15, -0.1) is 0 Å². The summed E-state index contributed by atoms with van der Waals surface area (Å²) >= 11 is 5.62. The molecule has 0 saturated heterocycles. The molecule has 1 rings (SSSR count). The molecule has 0 unspecified atom stereocenters. The second-order valence-corrected chi connectivity index (χ2v) is 2.80. The number of carbonyl (C=O) groups excluding carboxylic acids is 1. The highest BCUT2D eigenvalue weighted by Crippen LogP contribution is 2.18. The second kappa shape index (κ2) is 4.78. The molecule has 0 saturated carbocycles. The van der Waals surface area contributed by atoms with Crippen molar-refractivity contribution in [1.29, 1.82) is 0 Å². The van der Waals surface area contributed by atoms with Crippen LogP contribution in [0.15, 0.2) is 12.3 Å². The summed E-state index contributed by atoms with van der Waals surface area (Å²) in [5, 5.41) is 0.256. The highest BCUT2D eigenvalue weighted by Gasteiger charge is 2.12. The number of hydrogen-bond donors (Lipinski definition) is 2. The number of carbonyl (C=O) groups is 1. The van der Waals surface area contributed by atoms with Crippen molar-refractivity contribution >= 4 is 23.3 Å². The summed E-state index contributed by atoms with van der Waals surface area (Å²) in [6.07, 6.45) is 1.32. The molecular weight excluding hydrogens is 206 g/mol. The molecule has 0 aliphatic rings. The van der Waals surface area contributed by atoms with Gasteiger partial charge in [-0.25, -0.2) is 9.78 Å². The summed E-state index contributed by atoms with van der Waals surface area (Å²) < 4.78 is 4.79. The largest absolute Gasteiger partial charge is 0.462 e. The molecule has 14 heavy (non-hydrogen) atoms. The Balaban J connectivity index is 3.01. The zero-order valence-electron chi connectivity index (χ0n) is 7.58. The van der Waals surface area contributed by atoms with Crippen molar-refractivity contribution in [3.8, 4) is 0 Å². The highest BCUT2D eigenvalue weighted by atomic mass is 35.5. The number of nitrogens with two attached hydrogens (primary N) is 1. The number of rotatable bonds is 3. The Bertz CT molecular complexity index is 343. The molecule has 0 aromatic carbocycles. The van der Waals surface area contributed by atoms with Crippen LogP contribution in [0.3, 0.4) is 0 Å². The van der Waals surface area contributed by atoms with Gasteiger partial charge < -0.3 is 10.2 Å². The molecule has 1 heterocycles. The third-order valence-corrected chi connectivity index (χ3v) is 1.73. The van der Waals surface area contributed by atoms with Crippen LogP contribution < -0.4 is 11.3 Å². The maximum Gasteiger partial charge on any atom is 0.341 e. The van der Waals surface area contributed by atoms with Crippen molar-refractivity contribution in [3.63, 3.8) is 0 Å². The van der Waals surface area contributed by atoms with Gasteiger partial charge in [0, 0.05) is 12.3 Å². The van der Waals surface area contributed by atoms with Crippen LogP contribution in [0.5, 0.6) is 0 Å². The molecule has 1 aromatic rings. The number of ether oxygens (including phenoxy) is 1. The summed E-state index contributed by atoms with van der Waals surface area (Å²) in [5.41, 5.74) is 3.01. The summed E-state index contributed by atoms with van der Waals surface area (Å²) in [6, 6.07) is 1.45. The predicted octanol–water partition coefficient (Wildman–Crippen LogP) is 1.20. The van der Waals surface area contributed by atoms with Gasteiger partial charge in [0.2, 0.25) is 0 Å². The van der Waals surface area contributed by atoms with Crippen molar-refractivity contribution in [1.82, 2.24) is 4.98 Å². The highest BCUT2D eigenvalue weighted by molar-refractivity contribution is 6.29. The first-order valence-corrected chi connectivity index (χ1v) is 4.36. The van der Waals surface area contributed by atoms with E-state index in [9.17, 15) is 4.79 Å². The second-order valence-electron chi connectivity index (χ2n) is 2.42. The average Bonchev–Trinajstić information content (AvgIpc) is 2.17. The Morgan fingerprint density at radius 3 is 3.07 bits per heavy atom. The zero-order valence-corrected chi connectivity index (χ0v) is 8.34. The van der Waals surface area contributed by atoms with Crippen molar-refractivity contribution in [3.05, 3.63) is 23.0 Å². The summed E-state index contributed by atoms with van der Waals surface area (Å²) in [5.74, 6) is 4.73. The number of pyridine rings is 1. The van der Waals surface area contributed by atoms with Gasteiger partial charge in [-0.3, -0.25) is 5.84 Å². The Morgan fingerprint density at radius 1 is 1.79 bits per heavy atom. The minimum absolute atomic E-state index is 0.256. The monoisotopic (exact) mass is 215 g/mol. The predicted molar refractivity (Wildman–Crippen MR) is 53.0 cm³/mol. The first kappa shape index (κ1) is 10.7. The van der Waals surface area contributed by atoms with Crippen LogP contribution in [0.2, 0.25) is 5.15 Å². The average molecular weight is 216 g/mol. The molecule has 0 bridgehead atoms. The van der Waals surface area contributed by atoms with E-state index in [0.717, 1.165) is 0 Å². The maximum atomic E-state index is 11.3. The molecule has 0 spiro atoms. The van der Waals surface area contributed by atoms with E-state index in [4.69, 9.17) is 22.2 Å². The molecule has 3 N–H and O–H groups in total. The molecule has 0 aliphatic heterocycles. The molecule has 0 atom stereocenters. The van der Waals surface area contributed by atoms with Crippen molar-refractivity contribution in [2.24, 2.45) is 5.84 Å². The van der Waals surface area contributed by atoms with Crippen LogP contribution in [-0.2, 0) is 4.74 Å². The number of nitrogens with zero attached hydrogens (tertiary/aromatic N) is 1. The standard InChI is InChI=1S/C8H10ClN3O2/c1-2-14-8(13)5-4-11-7(9)3-6(5)12-10/h3-4H,2,10H2,1H3,(H,11,12). The first-order chi connectivity index (χ1) is 6.69. The molecule has 76 valence electrons. The third-order valence-electron chi connectivity index (χ3n) is 1.52. The molecule has 0 radical (unpaired) electrons. The lowest BCUT2D eigenvalue weighted by molar-refractivity contribution is 0.0527. The van der Waals surface area contributed by atoms with E-state index >= 15 is 0 Å². The maximum absolute atomic E-state index is 11.3. The Morgan fingerprint density at radius 2 is 2.50 bits per heavy atom. The number of hydrazine groups is 1. The van der Waals surface area contributed by atoms with Crippen LogP contribution in [0, 0.1) is 0 Å². The van der Waals surface area contributed by atoms with Crippen LogP contribution in [0.25, 0.3) is 0 Å². The van der Waals surface area contributed by atoms with E-state index in [1.807, 2.05) is 0 Å². The van der Waals surface area contributed by atoms with E-state index < -0.39 is 5.97 Å². The topological polar surface area (TPSA) is 77.2 Å². The fourth-order valence-electron chi connectivity index (χ4n) is 0.921. The van der Waals surface area contributed by atoms with Gasteiger partial charge in [0.1, 0.15) is 10.7 Å². The number of hydrogen-bond acceptors (Lipinski definition) is 5. The Hall–Kier alpha value is -1.33. The minimum Gasteiger partial charge on any atom is -0.462 e. The third kappa shape index (κ3) is 2.34. The lowest BCUT2D eigenvalue weighted by Gasteiger charge is -2.07. The van der Waals surface area contributed by atoms with Gasteiger partial charge >= 0.3 is 5.97 Å². The molecule has 0 amide bonds. The fourth-order valence-corrected chi connectivity index (χ4v) is 1.08. The number of esters is 1. The van der Waals surface area contributed by atoms with Gasteiger partial charge in [0.05, 0.1) is 12.3 Å². The Labute approximate surface area is 86.2 Å². The lowest BCUT2D eigenvalue weighted by Crippen LogP contribution is -2.14. The molecule has 1 aromatic heterocycles. The van der Waals surface area contributed by atoms with Crippen LogP contribution in [0.1, 0.15) is 17.3 Å². The van der Waals surface area contributed by atoms with Crippen molar-refractivity contribution < 1.29 is 9.53 Å². The quantitative estimate of drug-likeness (QED) is 0.343. The van der Waals surface area contributed by atoms with Crippen LogP contribution in [0.4, 0.5) is 5.69 Å². The number of aromatic nitrogens is 1. The van der Waals surface area contributed by atoms with Gasteiger partial charge in [0.15, 0.2) is 0 Å². The molecular formula is C8H10ClN3O2. The summed E-state index contributed by atoms with van der Waals surface area (Å²) in [4.78, 5) is 15.1. The van der Waals surface area contributed by atoms with Gasteiger partial charge in [-0.2, -0.15) is 0 Å². The SMILES string of the molecule is CCOC(=O)c1cnc(Cl)cc1NN. The van der Waals surface area contributed by atoms with Crippen LogP contribution >= 0.6 is 11.6 Å².